The first-order valence-electron chi connectivity index (χ1n) is 7.38. The van der Waals surface area contributed by atoms with Gasteiger partial charge in [-0.1, -0.05) is 0 Å². The van der Waals surface area contributed by atoms with Crippen LogP contribution < -0.4 is 0 Å². The number of aromatic amines is 1. The van der Waals surface area contributed by atoms with Gasteiger partial charge in [-0.05, 0) is 24.3 Å². The molecule has 2 aromatic rings. The molecule has 7 heteroatoms. The number of nitrogens with one attached hydrogen (secondary N) is 1. The first kappa shape index (κ1) is 15.1. The van der Waals surface area contributed by atoms with Gasteiger partial charge in [-0.3, -0.25) is 14.4 Å². The Balaban J connectivity index is 1.61. The molecule has 1 fully saturated rings. The summed E-state index contributed by atoms with van der Waals surface area (Å²) in [7, 11) is 0. The van der Waals surface area contributed by atoms with Crippen LogP contribution in [0.2, 0.25) is 0 Å². The topological polar surface area (TPSA) is 86.6 Å². The van der Waals surface area contributed by atoms with Gasteiger partial charge in [0.05, 0.1) is 12.0 Å². The molecule has 0 aliphatic carbocycles. The van der Waals surface area contributed by atoms with Crippen LogP contribution >= 0.6 is 0 Å². The molecule has 1 N–H and O–H groups in total. The lowest BCUT2D eigenvalue weighted by Gasteiger charge is -2.34. The zero-order chi connectivity index (χ0) is 16.4. The third-order valence-corrected chi connectivity index (χ3v) is 3.88. The van der Waals surface area contributed by atoms with E-state index in [0.29, 0.717) is 43.3 Å². The summed E-state index contributed by atoms with van der Waals surface area (Å²) in [5.74, 6) is -0.137. The largest absolute Gasteiger partial charge is 0.459 e. The van der Waals surface area contributed by atoms with Crippen LogP contribution in [0.4, 0.5) is 0 Å². The molecule has 2 amide bonds. The molecule has 0 unspecified atom stereocenters. The second-order valence-corrected chi connectivity index (χ2v) is 5.40. The molecule has 0 radical (unpaired) electrons. The monoisotopic (exact) mass is 315 g/mol. The number of ketones is 1. The van der Waals surface area contributed by atoms with Crippen molar-refractivity contribution in [1.29, 1.82) is 0 Å². The highest BCUT2D eigenvalue weighted by Gasteiger charge is 2.27. The molecule has 3 rings (SSSR count). The number of nitrogens with zero attached hydrogens (tertiary/aromatic N) is 2. The summed E-state index contributed by atoms with van der Waals surface area (Å²) in [6.45, 7) is 3.23. The highest BCUT2D eigenvalue weighted by Crippen LogP contribution is 2.12. The average molecular weight is 315 g/mol. The van der Waals surface area contributed by atoms with Crippen LogP contribution in [0.1, 0.15) is 38.5 Å². The maximum atomic E-state index is 12.4. The summed E-state index contributed by atoms with van der Waals surface area (Å²) in [6, 6.07) is 6.51. The van der Waals surface area contributed by atoms with Crippen LogP contribution in [0.3, 0.4) is 0 Å². The molecule has 1 aliphatic heterocycles. The Hall–Kier alpha value is -2.83. The summed E-state index contributed by atoms with van der Waals surface area (Å²) < 4.78 is 5.11. The Labute approximate surface area is 132 Å². The van der Waals surface area contributed by atoms with E-state index in [2.05, 4.69) is 4.98 Å². The van der Waals surface area contributed by atoms with Crippen molar-refractivity contribution in [2.75, 3.05) is 26.2 Å². The summed E-state index contributed by atoms with van der Waals surface area (Å²) in [4.78, 5) is 42.0. The molecule has 0 saturated carbocycles. The van der Waals surface area contributed by atoms with Crippen molar-refractivity contribution in [3.05, 3.63) is 47.7 Å². The minimum absolute atomic E-state index is 0.113. The quantitative estimate of drug-likeness (QED) is 0.868. The zero-order valence-electron chi connectivity index (χ0n) is 12.7. The maximum absolute atomic E-state index is 12.4. The first-order valence-corrected chi connectivity index (χ1v) is 7.38. The molecule has 0 bridgehead atoms. The third-order valence-electron chi connectivity index (χ3n) is 3.88. The number of Topliss-reactive ketones (excluding diaryl/α,β-unsaturated/α-hetero) is 1. The SMILES string of the molecule is CC(=O)c1ccc(C(=O)N2CCN(C(=O)c3ccco3)CC2)[nH]1. The summed E-state index contributed by atoms with van der Waals surface area (Å²) in [5, 5.41) is 0. The number of aromatic nitrogens is 1. The lowest BCUT2D eigenvalue weighted by atomic mass is 10.2. The number of carbonyl (C=O) groups excluding carboxylic acids is 3. The highest BCUT2D eigenvalue weighted by atomic mass is 16.3. The van der Waals surface area contributed by atoms with Gasteiger partial charge in [0.1, 0.15) is 5.69 Å². The smallest absolute Gasteiger partial charge is 0.289 e. The van der Waals surface area contributed by atoms with Crippen molar-refractivity contribution in [3.8, 4) is 0 Å². The molecule has 0 atom stereocenters. The minimum Gasteiger partial charge on any atom is -0.459 e. The van der Waals surface area contributed by atoms with Gasteiger partial charge in [0.25, 0.3) is 11.8 Å². The van der Waals surface area contributed by atoms with E-state index in [-0.39, 0.29) is 17.6 Å². The van der Waals surface area contributed by atoms with Crippen LogP contribution in [-0.4, -0.2) is 58.6 Å². The lowest BCUT2D eigenvalue weighted by Crippen LogP contribution is -2.50. The number of piperazine rings is 1. The van der Waals surface area contributed by atoms with Crippen LogP contribution in [0.15, 0.2) is 34.9 Å². The van der Waals surface area contributed by atoms with Gasteiger partial charge in [-0.15, -0.1) is 0 Å². The molecular weight excluding hydrogens is 298 g/mol. The molecule has 120 valence electrons. The van der Waals surface area contributed by atoms with Crippen molar-refractivity contribution in [2.24, 2.45) is 0 Å². The van der Waals surface area contributed by atoms with E-state index in [1.54, 1.807) is 34.1 Å². The van der Waals surface area contributed by atoms with Crippen molar-refractivity contribution in [2.45, 2.75) is 6.92 Å². The Morgan fingerprint density at radius 2 is 1.57 bits per heavy atom. The lowest BCUT2D eigenvalue weighted by molar-refractivity contribution is 0.0515. The van der Waals surface area contributed by atoms with Gasteiger partial charge in [-0.25, -0.2) is 0 Å². The van der Waals surface area contributed by atoms with Gasteiger partial charge >= 0.3 is 0 Å². The average Bonchev–Trinajstić information content (AvgIpc) is 3.25. The van der Waals surface area contributed by atoms with E-state index in [4.69, 9.17) is 4.42 Å². The molecular formula is C16H17N3O4. The minimum atomic E-state index is -0.166. The molecule has 7 nitrogen and oxygen atoms in total. The molecule has 0 spiro atoms. The second kappa shape index (κ2) is 6.12. The molecule has 2 aromatic heterocycles. The van der Waals surface area contributed by atoms with Crippen LogP contribution in [0.5, 0.6) is 0 Å². The fraction of sp³-hybridized carbons (Fsp3) is 0.312. The summed E-state index contributed by atoms with van der Waals surface area (Å²) in [6.07, 6.45) is 1.46. The van der Waals surface area contributed by atoms with Gasteiger partial charge in [-0.2, -0.15) is 0 Å². The number of hydrogen-bond donors (Lipinski definition) is 1. The predicted octanol–water partition coefficient (Wildman–Crippen LogP) is 1.41. The molecule has 1 saturated heterocycles. The van der Waals surface area contributed by atoms with Gasteiger partial charge in [0.2, 0.25) is 0 Å². The molecule has 1 aliphatic rings. The van der Waals surface area contributed by atoms with Crippen LogP contribution in [-0.2, 0) is 0 Å². The first-order chi connectivity index (χ1) is 11.1. The van der Waals surface area contributed by atoms with Crippen LogP contribution in [0.25, 0.3) is 0 Å². The Morgan fingerprint density at radius 3 is 2.09 bits per heavy atom. The van der Waals surface area contributed by atoms with Crippen LogP contribution in [0, 0.1) is 0 Å². The van der Waals surface area contributed by atoms with E-state index < -0.39 is 0 Å². The van der Waals surface area contributed by atoms with Gasteiger partial charge in [0, 0.05) is 33.1 Å². The number of furan rings is 1. The van der Waals surface area contributed by atoms with Gasteiger partial charge in [0.15, 0.2) is 11.5 Å². The number of H-pyrrole nitrogens is 1. The Kier molecular flexibility index (Phi) is 4.01. The summed E-state index contributed by atoms with van der Waals surface area (Å²) >= 11 is 0. The number of hydrogen-bond acceptors (Lipinski definition) is 4. The zero-order valence-corrected chi connectivity index (χ0v) is 12.7. The van der Waals surface area contributed by atoms with E-state index in [9.17, 15) is 14.4 Å². The number of rotatable bonds is 3. The second-order valence-electron chi connectivity index (χ2n) is 5.40. The fourth-order valence-electron chi connectivity index (χ4n) is 2.56. The van der Waals surface area contributed by atoms with Crippen molar-refractivity contribution in [3.63, 3.8) is 0 Å². The highest BCUT2D eigenvalue weighted by molar-refractivity contribution is 5.97. The van der Waals surface area contributed by atoms with Crippen molar-refractivity contribution >= 4 is 17.6 Å². The van der Waals surface area contributed by atoms with E-state index in [1.165, 1.54) is 13.2 Å². The van der Waals surface area contributed by atoms with Crippen molar-refractivity contribution < 1.29 is 18.8 Å². The Morgan fingerprint density at radius 1 is 0.957 bits per heavy atom. The maximum Gasteiger partial charge on any atom is 0.289 e. The number of carbonyl (C=O) groups is 3. The molecule has 0 aromatic carbocycles. The third kappa shape index (κ3) is 3.03. The predicted molar refractivity (Wildman–Crippen MR) is 81.3 cm³/mol. The van der Waals surface area contributed by atoms with E-state index in [1.807, 2.05) is 0 Å². The molecule has 3 heterocycles. The normalized spacial score (nSPS) is 14.8. The summed E-state index contributed by atoms with van der Waals surface area (Å²) in [5.41, 5.74) is 0.806. The number of amides is 2. The van der Waals surface area contributed by atoms with Gasteiger partial charge < -0.3 is 19.2 Å². The van der Waals surface area contributed by atoms with E-state index in [0.717, 1.165) is 0 Å². The molecule has 23 heavy (non-hydrogen) atoms. The fourth-order valence-corrected chi connectivity index (χ4v) is 2.56. The Bertz CT molecular complexity index is 724. The van der Waals surface area contributed by atoms with Crippen molar-refractivity contribution in [1.82, 2.24) is 14.8 Å². The van der Waals surface area contributed by atoms with E-state index >= 15 is 0 Å². The standard InChI is InChI=1S/C16H17N3O4/c1-11(20)12-4-5-13(17-12)15(21)18-6-8-19(9-7-18)16(22)14-3-2-10-23-14/h2-5,10,17H,6-9H2,1H3.